The second kappa shape index (κ2) is 5.29. The molecule has 0 bridgehead atoms. The number of aromatic nitrogens is 2. The van der Waals surface area contributed by atoms with Crippen LogP contribution in [0.25, 0.3) is 0 Å². The summed E-state index contributed by atoms with van der Waals surface area (Å²) in [5.74, 6) is 0. The zero-order valence-electron chi connectivity index (χ0n) is 9.53. The van der Waals surface area contributed by atoms with Crippen molar-refractivity contribution in [2.75, 3.05) is 6.61 Å². The van der Waals surface area contributed by atoms with Crippen LogP contribution in [0.1, 0.15) is 37.9 Å². The van der Waals surface area contributed by atoms with Crippen molar-refractivity contribution in [2.24, 2.45) is 5.73 Å². The van der Waals surface area contributed by atoms with Gasteiger partial charge in [0.25, 0.3) is 0 Å². The minimum Gasteiger partial charge on any atom is -0.378 e. The first kappa shape index (κ1) is 12.1. The van der Waals surface area contributed by atoms with Gasteiger partial charge in [0.15, 0.2) is 0 Å². The van der Waals surface area contributed by atoms with Crippen LogP contribution in [-0.4, -0.2) is 22.5 Å². The van der Waals surface area contributed by atoms with Gasteiger partial charge in [-0.15, -0.1) is 0 Å². The molecular formula is C11H18BrN3O. The third-order valence-corrected chi connectivity index (χ3v) is 3.64. The maximum Gasteiger partial charge on any atom is 0.0694 e. The molecular weight excluding hydrogens is 270 g/mol. The molecule has 2 N–H and O–H groups in total. The summed E-state index contributed by atoms with van der Waals surface area (Å²) in [7, 11) is 0. The molecule has 1 aliphatic rings. The van der Waals surface area contributed by atoms with Crippen LogP contribution in [-0.2, 0) is 11.3 Å². The molecule has 2 atom stereocenters. The predicted molar refractivity (Wildman–Crippen MR) is 66.1 cm³/mol. The van der Waals surface area contributed by atoms with Crippen molar-refractivity contribution in [3.05, 3.63) is 16.4 Å². The number of hydrogen-bond donors (Lipinski definition) is 1. The average molecular weight is 288 g/mol. The van der Waals surface area contributed by atoms with Gasteiger partial charge in [0, 0.05) is 13.2 Å². The summed E-state index contributed by atoms with van der Waals surface area (Å²) in [6, 6.07) is -0.0000694. The molecule has 0 aromatic carbocycles. The van der Waals surface area contributed by atoms with Crippen molar-refractivity contribution in [2.45, 2.75) is 44.9 Å². The number of hydrogen-bond acceptors (Lipinski definition) is 3. The highest BCUT2D eigenvalue weighted by molar-refractivity contribution is 9.10. The van der Waals surface area contributed by atoms with Crippen LogP contribution in [0.5, 0.6) is 0 Å². The molecule has 5 heteroatoms. The summed E-state index contributed by atoms with van der Waals surface area (Å²) in [4.78, 5) is 0. The van der Waals surface area contributed by atoms with Crippen LogP contribution >= 0.6 is 15.9 Å². The Hall–Kier alpha value is -0.390. The maximum absolute atomic E-state index is 6.23. The summed E-state index contributed by atoms with van der Waals surface area (Å²) in [6.07, 6.45) is 5.30. The molecule has 16 heavy (non-hydrogen) atoms. The molecule has 0 aliphatic carbocycles. The Bertz CT molecular complexity index is 347. The zero-order chi connectivity index (χ0) is 11.5. The van der Waals surface area contributed by atoms with E-state index in [9.17, 15) is 0 Å². The monoisotopic (exact) mass is 287 g/mol. The zero-order valence-corrected chi connectivity index (χ0v) is 11.1. The van der Waals surface area contributed by atoms with Crippen molar-refractivity contribution < 1.29 is 4.74 Å². The highest BCUT2D eigenvalue weighted by Gasteiger charge is 2.23. The molecule has 0 saturated carbocycles. The summed E-state index contributed by atoms with van der Waals surface area (Å²) < 4.78 is 8.56. The summed E-state index contributed by atoms with van der Waals surface area (Å²) in [6.45, 7) is 3.80. The SMILES string of the molecule is CCn1ncc(Br)c1C(N)CC1CCCO1. The van der Waals surface area contributed by atoms with E-state index >= 15 is 0 Å². The van der Waals surface area contributed by atoms with E-state index in [0.29, 0.717) is 6.10 Å². The van der Waals surface area contributed by atoms with Crippen LogP contribution in [0.4, 0.5) is 0 Å². The molecule has 4 nitrogen and oxygen atoms in total. The van der Waals surface area contributed by atoms with Crippen LogP contribution < -0.4 is 5.73 Å². The first-order valence-corrected chi connectivity index (χ1v) is 6.60. The number of nitrogens with two attached hydrogens (primary N) is 1. The van der Waals surface area contributed by atoms with E-state index in [4.69, 9.17) is 10.5 Å². The number of halogens is 1. The fourth-order valence-electron chi connectivity index (χ4n) is 2.22. The molecule has 1 saturated heterocycles. The summed E-state index contributed by atoms with van der Waals surface area (Å²) in [5, 5.41) is 4.28. The van der Waals surface area contributed by atoms with Crippen LogP contribution in [0.15, 0.2) is 10.7 Å². The Labute approximate surface area is 104 Å². The smallest absolute Gasteiger partial charge is 0.0694 e. The Balaban J connectivity index is 2.06. The van der Waals surface area contributed by atoms with E-state index in [1.165, 1.54) is 0 Å². The van der Waals surface area contributed by atoms with Crippen molar-refractivity contribution in [1.29, 1.82) is 0 Å². The second-order valence-corrected chi connectivity index (χ2v) is 5.03. The van der Waals surface area contributed by atoms with E-state index < -0.39 is 0 Å². The highest BCUT2D eigenvalue weighted by atomic mass is 79.9. The standard InChI is InChI=1S/C11H18BrN3O/c1-2-15-11(9(12)7-14-15)10(13)6-8-4-3-5-16-8/h7-8,10H,2-6,13H2,1H3. The molecule has 1 aromatic rings. The van der Waals surface area contributed by atoms with E-state index in [0.717, 1.165) is 42.6 Å². The number of aryl methyl sites for hydroxylation is 1. The highest BCUT2D eigenvalue weighted by Crippen LogP contribution is 2.28. The van der Waals surface area contributed by atoms with Gasteiger partial charge in [-0.1, -0.05) is 0 Å². The second-order valence-electron chi connectivity index (χ2n) is 4.17. The molecule has 1 aromatic heterocycles. The van der Waals surface area contributed by atoms with Gasteiger partial charge in [-0.2, -0.15) is 5.10 Å². The lowest BCUT2D eigenvalue weighted by Crippen LogP contribution is -2.21. The third-order valence-electron chi connectivity index (χ3n) is 3.02. The molecule has 0 spiro atoms. The normalized spacial score (nSPS) is 22.6. The lowest BCUT2D eigenvalue weighted by molar-refractivity contribution is 0.0975. The van der Waals surface area contributed by atoms with Gasteiger partial charge in [0.2, 0.25) is 0 Å². The Kier molecular flexibility index (Phi) is 4.00. The molecule has 1 aliphatic heterocycles. The first-order chi connectivity index (χ1) is 7.72. The van der Waals surface area contributed by atoms with Gasteiger partial charge < -0.3 is 10.5 Å². The van der Waals surface area contributed by atoms with Gasteiger partial charge in [-0.25, -0.2) is 0 Å². The molecule has 0 amide bonds. The van der Waals surface area contributed by atoms with Gasteiger partial charge in [-0.3, -0.25) is 4.68 Å². The van der Waals surface area contributed by atoms with E-state index in [-0.39, 0.29) is 6.04 Å². The Morgan fingerprint density at radius 2 is 2.56 bits per heavy atom. The van der Waals surface area contributed by atoms with Crippen molar-refractivity contribution >= 4 is 15.9 Å². The summed E-state index contributed by atoms with van der Waals surface area (Å²) >= 11 is 3.50. The molecule has 0 radical (unpaired) electrons. The van der Waals surface area contributed by atoms with Gasteiger partial charge in [0.1, 0.15) is 0 Å². The first-order valence-electron chi connectivity index (χ1n) is 5.80. The Morgan fingerprint density at radius 3 is 3.19 bits per heavy atom. The predicted octanol–water partition coefficient (Wildman–Crippen LogP) is 2.23. The van der Waals surface area contributed by atoms with Gasteiger partial charge in [-0.05, 0) is 42.1 Å². The minimum absolute atomic E-state index is 0.0000694. The van der Waals surface area contributed by atoms with Gasteiger partial charge >= 0.3 is 0 Å². The number of ether oxygens (including phenoxy) is 1. The quantitative estimate of drug-likeness (QED) is 0.924. The topological polar surface area (TPSA) is 53.1 Å². The molecule has 2 heterocycles. The number of rotatable bonds is 4. The van der Waals surface area contributed by atoms with Crippen LogP contribution in [0, 0.1) is 0 Å². The lowest BCUT2D eigenvalue weighted by atomic mass is 10.0. The summed E-state index contributed by atoms with van der Waals surface area (Å²) in [5.41, 5.74) is 7.31. The van der Waals surface area contributed by atoms with E-state index in [1.807, 2.05) is 10.9 Å². The minimum atomic E-state index is -0.0000694. The van der Waals surface area contributed by atoms with E-state index in [1.54, 1.807) is 0 Å². The number of nitrogens with zero attached hydrogens (tertiary/aromatic N) is 2. The molecule has 2 rings (SSSR count). The van der Waals surface area contributed by atoms with E-state index in [2.05, 4.69) is 28.0 Å². The molecule has 90 valence electrons. The van der Waals surface area contributed by atoms with Gasteiger partial charge in [0.05, 0.1) is 28.5 Å². The van der Waals surface area contributed by atoms with Crippen LogP contribution in [0.2, 0.25) is 0 Å². The fourth-order valence-corrected chi connectivity index (χ4v) is 2.81. The van der Waals surface area contributed by atoms with Crippen molar-refractivity contribution in [1.82, 2.24) is 9.78 Å². The van der Waals surface area contributed by atoms with Crippen molar-refractivity contribution in [3.8, 4) is 0 Å². The fraction of sp³-hybridized carbons (Fsp3) is 0.727. The third kappa shape index (κ3) is 2.47. The Morgan fingerprint density at radius 1 is 1.75 bits per heavy atom. The average Bonchev–Trinajstić information content (AvgIpc) is 2.87. The largest absolute Gasteiger partial charge is 0.378 e. The maximum atomic E-state index is 6.23. The lowest BCUT2D eigenvalue weighted by Gasteiger charge is -2.17. The van der Waals surface area contributed by atoms with Crippen molar-refractivity contribution in [3.63, 3.8) is 0 Å². The molecule has 2 unspecified atom stereocenters. The molecule has 1 fully saturated rings. The van der Waals surface area contributed by atoms with Crippen LogP contribution in [0.3, 0.4) is 0 Å².